The van der Waals surface area contributed by atoms with Crippen LogP contribution in [0.3, 0.4) is 0 Å². The molecule has 5 heteroatoms. The van der Waals surface area contributed by atoms with E-state index in [1.54, 1.807) is 30.4 Å². The molecule has 1 rings (SSSR count). The minimum absolute atomic E-state index is 0.119. The molecule has 0 radical (unpaired) electrons. The SMILES string of the molecule is C#C.C/C=C\C(=C/CO)Oc1ccc(Br)cc1NC(C)=O. The third-order valence-electron chi connectivity index (χ3n) is 2.10. The van der Waals surface area contributed by atoms with E-state index in [9.17, 15) is 4.79 Å². The van der Waals surface area contributed by atoms with E-state index >= 15 is 0 Å². The van der Waals surface area contributed by atoms with Crippen molar-refractivity contribution in [2.24, 2.45) is 0 Å². The van der Waals surface area contributed by atoms with Gasteiger partial charge < -0.3 is 15.2 Å². The number of carbonyl (C=O) groups is 1. The van der Waals surface area contributed by atoms with Crippen LogP contribution in [0.1, 0.15) is 13.8 Å². The summed E-state index contributed by atoms with van der Waals surface area (Å²) >= 11 is 3.34. The highest BCUT2D eigenvalue weighted by Gasteiger charge is 2.07. The molecule has 1 aromatic carbocycles. The van der Waals surface area contributed by atoms with E-state index in [0.717, 1.165) is 4.47 Å². The molecule has 21 heavy (non-hydrogen) atoms. The summed E-state index contributed by atoms with van der Waals surface area (Å²) in [4.78, 5) is 11.2. The maximum absolute atomic E-state index is 11.2. The zero-order valence-corrected chi connectivity index (χ0v) is 13.6. The lowest BCUT2D eigenvalue weighted by Gasteiger charge is -2.12. The predicted octanol–water partition coefficient (Wildman–Crippen LogP) is 3.49. The van der Waals surface area contributed by atoms with Crippen molar-refractivity contribution in [1.29, 1.82) is 0 Å². The van der Waals surface area contributed by atoms with Gasteiger partial charge in [0.25, 0.3) is 0 Å². The summed E-state index contributed by atoms with van der Waals surface area (Å²) in [6, 6.07) is 5.31. The quantitative estimate of drug-likeness (QED) is 0.485. The Morgan fingerprint density at radius 2 is 2.14 bits per heavy atom. The van der Waals surface area contributed by atoms with Crippen molar-refractivity contribution in [1.82, 2.24) is 0 Å². The molecule has 0 saturated carbocycles. The van der Waals surface area contributed by atoms with E-state index in [4.69, 9.17) is 9.84 Å². The first kappa shape index (κ1) is 19.0. The van der Waals surface area contributed by atoms with E-state index in [1.165, 1.54) is 6.92 Å². The number of terminal acetylenes is 1. The number of hydrogen-bond donors (Lipinski definition) is 2. The molecule has 0 aromatic heterocycles. The number of anilines is 1. The number of halogens is 1. The summed E-state index contributed by atoms with van der Waals surface area (Å²) in [6.07, 6.45) is 13.1. The average molecular weight is 352 g/mol. The van der Waals surface area contributed by atoms with Gasteiger partial charge in [0.15, 0.2) is 5.75 Å². The minimum atomic E-state index is -0.179. The van der Waals surface area contributed by atoms with Crippen LogP contribution < -0.4 is 10.1 Å². The minimum Gasteiger partial charge on any atom is -0.455 e. The number of benzene rings is 1. The first-order valence-corrected chi connectivity index (χ1v) is 6.88. The highest BCUT2D eigenvalue weighted by Crippen LogP contribution is 2.29. The van der Waals surface area contributed by atoms with E-state index in [0.29, 0.717) is 17.2 Å². The maximum atomic E-state index is 11.2. The van der Waals surface area contributed by atoms with Crippen LogP contribution in [0.5, 0.6) is 5.75 Å². The molecule has 4 nitrogen and oxygen atoms in total. The number of ether oxygens (including phenoxy) is 1. The number of hydrogen-bond acceptors (Lipinski definition) is 3. The Kier molecular flexibility index (Phi) is 9.69. The number of rotatable bonds is 5. The second-order valence-corrected chi connectivity index (χ2v) is 4.63. The van der Waals surface area contributed by atoms with Crippen molar-refractivity contribution in [2.75, 3.05) is 11.9 Å². The summed E-state index contributed by atoms with van der Waals surface area (Å²) in [5.41, 5.74) is 0.565. The van der Waals surface area contributed by atoms with Crippen LogP contribution in [0, 0.1) is 12.8 Å². The average Bonchev–Trinajstić information content (AvgIpc) is 2.44. The van der Waals surface area contributed by atoms with Gasteiger partial charge in [-0.1, -0.05) is 22.0 Å². The lowest BCUT2D eigenvalue weighted by atomic mass is 10.3. The van der Waals surface area contributed by atoms with Crippen molar-refractivity contribution in [3.05, 3.63) is 46.7 Å². The molecule has 0 atom stereocenters. The predicted molar refractivity (Wildman–Crippen MR) is 88.9 cm³/mol. The van der Waals surface area contributed by atoms with Gasteiger partial charge in [0.2, 0.25) is 5.91 Å². The zero-order chi connectivity index (χ0) is 16.3. The van der Waals surface area contributed by atoms with Crippen molar-refractivity contribution >= 4 is 27.5 Å². The highest BCUT2D eigenvalue weighted by atomic mass is 79.9. The van der Waals surface area contributed by atoms with Crippen molar-refractivity contribution in [2.45, 2.75) is 13.8 Å². The monoisotopic (exact) mass is 351 g/mol. The fourth-order valence-electron chi connectivity index (χ4n) is 1.40. The Hall–Kier alpha value is -2.03. The molecule has 112 valence electrons. The Bertz CT molecular complexity index is 548. The van der Waals surface area contributed by atoms with Gasteiger partial charge in [0.05, 0.1) is 12.3 Å². The summed E-state index contributed by atoms with van der Waals surface area (Å²) in [7, 11) is 0. The molecule has 0 aliphatic rings. The van der Waals surface area contributed by atoms with Crippen molar-refractivity contribution in [3.8, 4) is 18.6 Å². The van der Waals surface area contributed by atoms with Crippen LogP contribution in [-0.4, -0.2) is 17.6 Å². The van der Waals surface area contributed by atoms with Crippen LogP contribution in [0.4, 0.5) is 5.69 Å². The lowest BCUT2D eigenvalue weighted by molar-refractivity contribution is -0.114. The Morgan fingerprint density at radius 1 is 1.48 bits per heavy atom. The Balaban J connectivity index is 0.00000191. The second-order valence-electron chi connectivity index (χ2n) is 3.71. The molecule has 0 bridgehead atoms. The summed E-state index contributed by atoms with van der Waals surface area (Å²) in [5, 5.41) is 11.6. The first-order chi connectivity index (χ1) is 10.1. The molecule has 1 amide bonds. The number of aliphatic hydroxyl groups excluding tert-OH is 1. The van der Waals surface area contributed by atoms with Crippen molar-refractivity contribution < 1.29 is 14.6 Å². The molecule has 0 unspecified atom stereocenters. The molecule has 0 aliphatic carbocycles. The normalized spacial score (nSPS) is 10.7. The fourth-order valence-corrected chi connectivity index (χ4v) is 1.76. The van der Waals surface area contributed by atoms with Crippen LogP contribution in [0.15, 0.2) is 46.7 Å². The van der Waals surface area contributed by atoms with Crippen LogP contribution in [0.2, 0.25) is 0 Å². The Morgan fingerprint density at radius 3 is 2.67 bits per heavy atom. The third-order valence-corrected chi connectivity index (χ3v) is 2.60. The second kappa shape index (κ2) is 10.7. The van der Waals surface area contributed by atoms with E-state index in [-0.39, 0.29) is 12.5 Å². The van der Waals surface area contributed by atoms with E-state index < -0.39 is 0 Å². The molecule has 1 aromatic rings. The number of aliphatic hydroxyl groups is 1. The fraction of sp³-hybridized carbons (Fsp3) is 0.188. The highest BCUT2D eigenvalue weighted by molar-refractivity contribution is 9.10. The van der Waals surface area contributed by atoms with Crippen molar-refractivity contribution in [3.63, 3.8) is 0 Å². The molecular weight excluding hydrogens is 334 g/mol. The molecule has 2 N–H and O–H groups in total. The van der Waals surface area contributed by atoms with Crippen LogP contribution in [-0.2, 0) is 4.79 Å². The molecular formula is C16H18BrNO3. The third kappa shape index (κ3) is 7.35. The largest absolute Gasteiger partial charge is 0.455 e. The molecule has 0 spiro atoms. The van der Waals surface area contributed by atoms with Gasteiger partial charge in [-0.25, -0.2) is 0 Å². The van der Waals surface area contributed by atoms with Crippen LogP contribution in [0.25, 0.3) is 0 Å². The summed E-state index contributed by atoms with van der Waals surface area (Å²) < 4.78 is 6.50. The number of amides is 1. The van der Waals surface area contributed by atoms with Gasteiger partial charge in [-0.3, -0.25) is 4.79 Å². The first-order valence-electron chi connectivity index (χ1n) is 6.09. The van der Waals surface area contributed by atoms with Gasteiger partial charge in [-0.05, 0) is 37.3 Å². The summed E-state index contributed by atoms with van der Waals surface area (Å²) in [5.74, 6) is 0.844. The van der Waals surface area contributed by atoms with Gasteiger partial charge in [0, 0.05) is 11.4 Å². The van der Waals surface area contributed by atoms with Gasteiger partial charge >= 0.3 is 0 Å². The zero-order valence-electron chi connectivity index (χ0n) is 12.0. The number of allylic oxidation sites excluding steroid dienone is 2. The standard InChI is InChI=1S/C14H16BrNO3.C2H2/c1-3-4-12(7-8-17)19-14-6-5-11(15)9-13(14)16-10(2)18;1-2/h3-7,9,17H,8H2,1-2H3,(H,16,18);1-2H/b4-3-,12-7+;. The molecule has 0 saturated heterocycles. The topological polar surface area (TPSA) is 58.6 Å². The summed E-state index contributed by atoms with van der Waals surface area (Å²) in [6.45, 7) is 3.16. The van der Waals surface area contributed by atoms with E-state index in [1.807, 2.05) is 13.0 Å². The number of nitrogens with one attached hydrogen (secondary N) is 1. The smallest absolute Gasteiger partial charge is 0.221 e. The molecule has 0 fully saturated rings. The van der Waals surface area contributed by atoms with E-state index in [2.05, 4.69) is 34.1 Å². The van der Waals surface area contributed by atoms with Gasteiger partial charge in [0.1, 0.15) is 5.76 Å². The molecule has 0 heterocycles. The lowest BCUT2D eigenvalue weighted by Crippen LogP contribution is -2.07. The Labute approximate surface area is 133 Å². The number of carbonyl (C=O) groups excluding carboxylic acids is 1. The maximum Gasteiger partial charge on any atom is 0.221 e. The van der Waals surface area contributed by atoms with Gasteiger partial charge in [-0.15, -0.1) is 12.8 Å². The van der Waals surface area contributed by atoms with Crippen LogP contribution >= 0.6 is 15.9 Å². The van der Waals surface area contributed by atoms with Gasteiger partial charge in [-0.2, -0.15) is 0 Å². The molecule has 0 aliphatic heterocycles.